The van der Waals surface area contributed by atoms with Crippen LogP contribution in [0.25, 0.3) is 0 Å². The number of aliphatic carboxylic acids is 1. The van der Waals surface area contributed by atoms with E-state index in [1.54, 1.807) is 0 Å². The second kappa shape index (κ2) is 15.9. The Labute approximate surface area is 202 Å². The van der Waals surface area contributed by atoms with E-state index >= 15 is 0 Å². The number of carboxylic acid groups (broad SMARTS) is 1. The quantitative estimate of drug-likeness (QED) is 0.222. The van der Waals surface area contributed by atoms with Crippen molar-refractivity contribution in [2.24, 2.45) is 23.5 Å². The first-order valence-electron chi connectivity index (χ1n) is 11.8. The zero-order valence-corrected chi connectivity index (χ0v) is 22.0. The van der Waals surface area contributed by atoms with E-state index in [1.165, 1.54) is 11.8 Å². The van der Waals surface area contributed by atoms with E-state index in [9.17, 15) is 24.3 Å². The van der Waals surface area contributed by atoms with Crippen molar-refractivity contribution in [2.75, 3.05) is 12.0 Å². The SMILES string of the molecule is CCC(C)C(N)C(=O)NC(CC(C)C)C(=O)NC(C(=O)NC(CCSC)C(=O)O)C(C)CC. The highest BCUT2D eigenvalue weighted by molar-refractivity contribution is 7.98. The van der Waals surface area contributed by atoms with Gasteiger partial charge in [-0.15, -0.1) is 0 Å². The fourth-order valence-corrected chi connectivity index (χ4v) is 3.66. The lowest BCUT2D eigenvalue weighted by Gasteiger charge is -2.29. The molecular formula is C23H44N4O5S. The number of carboxylic acids is 1. The van der Waals surface area contributed by atoms with Crippen molar-refractivity contribution in [1.29, 1.82) is 0 Å². The molecule has 0 aliphatic carbocycles. The Morgan fingerprint density at radius 1 is 0.848 bits per heavy atom. The van der Waals surface area contributed by atoms with Crippen LogP contribution in [0.15, 0.2) is 0 Å². The van der Waals surface area contributed by atoms with Crippen molar-refractivity contribution in [3.8, 4) is 0 Å². The van der Waals surface area contributed by atoms with Crippen molar-refractivity contribution in [2.45, 2.75) is 91.4 Å². The maximum absolute atomic E-state index is 13.1. The molecule has 0 saturated carbocycles. The molecule has 0 saturated heterocycles. The number of hydrogen-bond acceptors (Lipinski definition) is 6. The molecule has 0 aliphatic rings. The van der Waals surface area contributed by atoms with Crippen molar-refractivity contribution < 1.29 is 24.3 Å². The molecule has 0 aliphatic heterocycles. The summed E-state index contributed by atoms with van der Waals surface area (Å²) in [6.45, 7) is 11.4. The second-order valence-corrected chi connectivity index (χ2v) is 10.1. The molecule has 0 aromatic rings. The summed E-state index contributed by atoms with van der Waals surface area (Å²) in [4.78, 5) is 50.3. The van der Waals surface area contributed by atoms with Crippen molar-refractivity contribution in [3.05, 3.63) is 0 Å². The van der Waals surface area contributed by atoms with Crippen LogP contribution in [0, 0.1) is 17.8 Å². The molecule has 192 valence electrons. The van der Waals surface area contributed by atoms with Gasteiger partial charge in [0.2, 0.25) is 17.7 Å². The van der Waals surface area contributed by atoms with Crippen molar-refractivity contribution >= 4 is 35.5 Å². The monoisotopic (exact) mass is 488 g/mol. The van der Waals surface area contributed by atoms with E-state index in [0.717, 1.165) is 6.42 Å². The van der Waals surface area contributed by atoms with Crippen LogP contribution in [-0.4, -0.2) is 65.0 Å². The molecule has 33 heavy (non-hydrogen) atoms. The first-order valence-corrected chi connectivity index (χ1v) is 13.2. The van der Waals surface area contributed by atoms with E-state index in [2.05, 4.69) is 16.0 Å². The lowest BCUT2D eigenvalue weighted by atomic mass is 9.95. The van der Waals surface area contributed by atoms with Gasteiger partial charge in [-0.25, -0.2) is 4.79 Å². The Bertz CT molecular complexity index is 646. The van der Waals surface area contributed by atoms with Crippen LogP contribution < -0.4 is 21.7 Å². The van der Waals surface area contributed by atoms with Gasteiger partial charge in [0.15, 0.2) is 0 Å². The summed E-state index contributed by atoms with van der Waals surface area (Å²) in [7, 11) is 0. The molecule has 10 heteroatoms. The third-order valence-corrected chi connectivity index (χ3v) is 6.56. The minimum atomic E-state index is -1.12. The number of nitrogens with two attached hydrogens (primary N) is 1. The maximum atomic E-state index is 13.1. The van der Waals surface area contributed by atoms with Gasteiger partial charge in [0.1, 0.15) is 18.1 Å². The Kier molecular flexibility index (Phi) is 15.1. The molecule has 0 heterocycles. The fourth-order valence-electron chi connectivity index (χ4n) is 3.19. The molecule has 6 N–H and O–H groups in total. The summed E-state index contributed by atoms with van der Waals surface area (Å²) in [5.41, 5.74) is 6.03. The fraction of sp³-hybridized carbons (Fsp3) is 0.826. The van der Waals surface area contributed by atoms with E-state index in [-0.39, 0.29) is 24.2 Å². The number of thioether (sulfide) groups is 1. The molecule has 0 aromatic heterocycles. The lowest BCUT2D eigenvalue weighted by Crippen LogP contribution is -2.59. The topological polar surface area (TPSA) is 151 Å². The van der Waals surface area contributed by atoms with Gasteiger partial charge in [-0.2, -0.15) is 11.8 Å². The molecular weight excluding hydrogens is 444 g/mol. The highest BCUT2D eigenvalue weighted by Gasteiger charge is 2.33. The maximum Gasteiger partial charge on any atom is 0.326 e. The average molecular weight is 489 g/mol. The van der Waals surface area contributed by atoms with Gasteiger partial charge >= 0.3 is 5.97 Å². The molecule has 0 fully saturated rings. The standard InChI is InChI=1S/C23H44N4O5S/c1-8-14(5)18(24)21(29)26-17(12-13(3)4)20(28)27-19(15(6)9-2)22(30)25-16(23(31)32)10-11-33-7/h13-19H,8-12,24H2,1-7H3,(H,25,30)(H,26,29)(H,27,28)(H,31,32). The predicted molar refractivity (Wildman–Crippen MR) is 133 cm³/mol. The predicted octanol–water partition coefficient (Wildman–Crippen LogP) is 1.74. The van der Waals surface area contributed by atoms with Crippen LogP contribution in [0.1, 0.15) is 67.2 Å². The molecule has 0 rings (SSSR count). The summed E-state index contributed by atoms with van der Waals surface area (Å²) < 4.78 is 0. The Hall–Kier alpha value is -1.81. The highest BCUT2D eigenvalue weighted by atomic mass is 32.2. The van der Waals surface area contributed by atoms with E-state index in [1.807, 2.05) is 47.8 Å². The molecule has 0 radical (unpaired) electrons. The number of carbonyl (C=O) groups excluding carboxylic acids is 3. The number of rotatable bonds is 16. The highest BCUT2D eigenvalue weighted by Crippen LogP contribution is 2.13. The van der Waals surface area contributed by atoms with Gasteiger partial charge in [0.05, 0.1) is 6.04 Å². The largest absolute Gasteiger partial charge is 0.480 e. The zero-order valence-electron chi connectivity index (χ0n) is 21.1. The zero-order chi connectivity index (χ0) is 25.7. The second-order valence-electron chi connectivity index (χ2n) is 9.15. The summed E-state index contributed by atoms with van der Waals surface area (Å²) >= 11 is 1.49. The normalized spacial score (nSPS) is 16.8. The van der Waals surface area contributed by atoms with Gasteiger partial charge < -0.3 is 26.8 Å². The molecule has 6 atom stereocenters. The molecule has 0 spiro atoms. The van der Waals surface area contributed by atoms with Crippen LogP contribution in [0.2, 0.25) is 0 Å². The van der Waals surface area contributed by atoms with Gasteiger partial charge in [0.25, 0.3) is 0 Å². The van der Waals surface area contributed by atoms with E-state index in [4.69, 9.17) is 5.73 Å². The molecule has 6 unspecified atom stereocenters. The number of amides is 3. The van der Waals surface area contributed by atoms with Gasteiger partial charge in [-0.3, -0.25) is 14.4 Å². The summed E-state index contributed by atoms with van der Waals surface area (Å²) in [5, 5.41) is 17.5. The summed E-state index contributed by atoms with van der Waals surface area (Å²) in [6.07, 6.45) is 3.85. The van der Waals surface area contributed by atoms with Crippen LogP contribution >= 0.6 is 11.8 Å². The van der Waals surface area contributed by atoms with Gasteiger partial charge in [0, 0.05) is 0 Å². The van der Waals surface area contributed by atoms with Gasteiger partial charge in [-0.05, 0) is 42.6 Å². The number of carbonyl (C=O) groups is 4. The van der Waals surface area contributed by atoms with Crippen LogP contribution in [0.5, 0.6) is 0 Å². The minimum absolute atomic E-state index is 0.0411. The minimum Gasteiger partial charge on any atom is -0.480 e. The third-order valence-electron chi connectivity index (χ3n) is 5.92. The Morgan fingerprint density at radius 3 is 1.85 bits per heavy atom. The first-order chi connectivity index (χ1) is 15.4. The van der Waals surface area contributed by atoms with E-state index < -0.39 is 47.9 Å². The average Bonchev–Trinajstić information content (AvgIpc) is 2.76. The number of hydrogen-bond donors (Lipinski definition) is 5. The number of nitrogens with one attached hydrogen (secondary N) is 3. The van der Waals surface area contributed by atoms with Crippen LogP contribution in [-0.2, 0) is 19.2 Å². The Morgan fingerprint density at radius 2 is 1.39 bits per heavy atom. The third kappa shape index (κ3) is 11.2. The molecule has 9 nitrogen and oxygen atoms in total. The lowest BCUT2D eigenvalue weighted by molar-refractivity contribution is -0.142. The first kappa shape index (κ1) is 31.2. The van der Waals surface area contributed by atoms with E-state index in [0.29, 0.717) is 18.6 Å². The molecule has 3 amide bonds. The summed E-state index contributed by atoms with van der Waals surface area (Å²) in [5.74, 6) is -2.13. The van der Waals surface area contributed by atoms with Crippen molar-refractivity contribution in [3.63, 3.8) is 0 Å². The van der Waals surface area contributed by atoms with Crippen LogP contribution in [0.3, 0.4) is 0 Å². The smallest absolute Gasteiger partial charge is 0.326 e. The van der Waals surface area contributed by atoms with Crippen LogP contribution in [0.4, 0.5) is 0 Å². The molecule has 0 aromatic carbocycles. The van der Waals surface area contributed by atoms with Crippen molar-refractivity contribution in [1.82, 2.24) is 16.0 Å². The van der Waals surface area contributed by atoms with Gasteiger partial charge in [-0.1, -0.05) is 54.4 Å². The molecule has 0 bridgehead atoms. The summed E-state index contributed by atoms with van der Waals surface area (Å²) in [6, 6.07) is -3.54. The Balaban J connectivity index is 5.55.